The van der Waals surface area contributed by atoms with Gasteiger partial charge in [0, 0.05) is 42.9 Å². The largest absolute Gasteiger partial charge is 0.351 e. The Balaban J connectivity index is 1.42. The Hall–Kier alpha value is -2.24. The van der Waals surface area contributed by atoms with Gasteiger partial charge in [0.15, 0.2) is 0 Å². The maximum Gasteiger partial charge on any atom is 0.292 e. The van der Waals surface area contributed by atoms with Crippen LogP contribution in [0, 0.1) is 6.92 Å². The number of hydrogen-bond donors (Lipinski definition) is 0. The Bertz CT molecular complexity index is 751. The first-order valence-electron chi connectivity index (χ1n) is 9.26. The van der Waals surface area contributed by atoms with Gasteiger partial charge in [-0.3, -0.25) is 4.79 Å². The normalized spacial score (nSPS) is 21.6. The second-order valence-electron chi connectivity index (χ2n) is 7.24. The second-order valence-corrected chi connectivity index (χ2v) is 7.24. The van der Waals surface area contributed by atoms with E-state index in [1.54, 1.807) is 6.20 Å². The summed E-state index contributed by atoms with van der Waals surface area (Å²) in [6.07, 6.45) is 8.76. The summed E-state index contributed by atoms with van der Waals surface area (Å²) >= 11 is 0. The zero-order chi connectivity index (χ0) is 17.2. The number of aryl methyl sites for hydroxylation is 1. The molecule has 0 bridgehead atoms. The summed E-state index contributed by atoms with van der Waals surface area (Å²) in [4.78, 5) is 23.4. The fraction of sp³-hybridized carbons (Fsp3) is 0.579. The van der Waals surface area contributed by atoms with Crippen LogP contribution in [0.3, 0.4) is 0 Å². The molecule has 1 saturated heterocycles. The summed E-state index contributed by atoms with van der Waals surface area (Å²) in [5.41, 5.74) is 1.91. The Labute approximate surface area is 147 Å². The van der Waals surface area contributed by atoms with Crippen LogP contribution in [0.1, 0.15) is 78.1 Å². The van der Waals surface area contributed by atoms with Gasteiger partial charge in [-0.25, -0.2) is 9.97 Å². The van der Waals surface area contributed by atoms with Crippen molar-refractivity contribution in [1.82, 2.24) is 20.0 Å². The van der Waals surface area contributed by atoms with Crippen LogP contribution >= 0.6 is 0 Å². The first-order chi connectivity index (χ1) is 12.2. The SMILES string of the molecule is Cc1ccnc(C2CCN(C(=O)c3cc(C4CCCCC4)no3)C2)n1. The van der Waals surface area contributed by atoms with E-state index in [1.165, 1.54) is 19.3 Å². The smallest absolute Gasteiger partial charge is 0.292 e. The molecule has 6 heteroatoms. The molecule has 0 N–H and O–H groups in total. The maximum absolute atomic E-state index is 12.7. The van der Waals surface area contributed by atoms with E-state index in [0.29, 0.717) is 24.8 Å². The number of carbonyl (C=O) groups is 1. The molecule has 0 radical (unpaired) electrons. The van der Waals surface area contributed by atoms with Crippen molar-refractivity contribution in [3.63, 3.8) is 0 Å². The standard InChI is InChI=1S/C19H24N4O2/c1-13-7-9-20-18(21-13)15-8-10-23(12-15)19(24)17-11-16(22-25-17)14-5-3-2-4-6-14/h7,9,11,14-15H,2-6,8,10,12H2,1H3. The van der Waals surface area contributed by atoms with Crippen LogP contribution < -0.4 is 0 Å². The monoisotopic (exact) mass is 340 g/mol. The van der Waals surface area contributed by atoms with Gasteiger partial charge >= 0.3 is 0 Å². The lowest BCUT2D eigenvalue weighted by Gasteiger charge is -2.18. The van der Waals surface area contributed by atoms with Gasteiger partial charge in [0.1, 0.15) is 5.82 Å². The van der Waals surface area contributed by atoms with E-state index in [-0.39, 0.29) is 11.8 Å². The van der Waals surface area contributed by atoms with Crippen molar-refractivity contribution < 1.29 is 9.32 Å². The van der Waals surface area contributed by atoms with Crippen LogP contribution in [0.4, 0.5) is 0 Å². The molecule has 1 amide bonds. The van der Waals surface area contributed by atoms with Crippen molar-refractivity contribution >= 4 is 5.91 Å². The Morgan fingerprint density at radius 1 is 1.20 bits per heavy atom. The van der Waals surface area contributed by atoms with Crippen LogP contribution in [0.2, 0.25) is 0 Å². The third-order valence-electron chi connectivity index (χ3n) is 5.42. The number of aromatic nitrogens is 3. The molecule has 4 rings (SSSR count). The minimum absolute atomic E-state index is 0.0651. The quantitative estimate of drug-likeness (QED) is 0.856. The number of likely N-dealkylation sites (tertiary alicyclic amines) is 1. The summed E-state index contributed by atoms with van der Waals surface area (Å²) in [6.45, 7) is 3.31. The molecule has 2 fully saturated rings. The maximum atomic E-state index is 12.7. The number of carbonyl (C=O) groups excluding carboxylic acids is 1. The van der Waals surface area contributed by atoms with E-state index in [0.717, 1.165) is 36.5 Å². The molecule has 1 saturated carbocycles. The molecule has 6 nitrogen and oxygen atoms in total. The summed E-state index contributed by atoms with van der Waals surface area (Å²) < 4.78 is 5.38. The van der Waals surface area contributed by atoms with Gasteiger partial charge in [-0.2, -0.15) is 0 Å². The summed E-state index contributed by atoms with van der Waals surface area (Å²) in [5, 5.41) is 4.17. The zero-order valence-corrected chi connectivity index (χ0v) is 14.6. The van der Waals surface area contributed by atoms with Crippen LogP contribution in [0.5, 0.6) is 0 Å². The minimum Gasteiger partial charge on any atom is -0.351 e. The van der Waals surface area contributed by atoms with Gasteiger partial charge in [-0.1, -0.05) is 24.4 Å². The number of hydrogen-bond acceptors (Lipinski definition) is 5. The number of nitrogens with zero attached hydrogens (tertiary/aromatic N) is 4. The lowest BCUT2D eigenvalue weighted by molar-refractivity contribution is 0.0749. The van der Waals surface area contributed by atoms with Crippen molar-refractivity contribution in [1.29, 1.82) is 0 Å². The van der Waals surface area contributed by atoms with Crippen molar-refractivity contribution in [2.24, 2.45) is 0 Å². The van der Waals surface area contributed by atoms with Crippen LogP contribution in [-0.2, 0) is 0 Å². The van der Waals surface area contributed by atoms with Crippen molar-refractivity contribution in [3.8, 4) is 0 Å². The van der Waals surface area contributed by atoms with Gasteiger partial charge in [0.25, 0.3) is 5.91 Å². The Morgan fingerprint density at radius 3 is 2.84 bits per heavy atom. The predicted molar refractivity (Wildman–Crippen MR) is 92.4 cm³/mol. The highest BCUT2D eigenvalue weighted by atomic mass is 16.5. The summed E-state index contributed by atoms with van der Waals surface area (Å²) in [6, 6.07) is 3.75. The molecule has 2 aromatic rings. The lowest BCUT2D eigenvalue weighted by Crippen LogP contribution is -2.28. The topological polar surface area (TPSA) is 72.1 Å². The number of rotatable bonds is 3. The third kappa shape index (κ3) is 3.43. The molecular weight excluding hydrogens is 316 g/mol. The Kier molecular flexibility index (Phi) is 4.51. The van der Waals surface area contributed by atoms with E-state index in [2.05, 4.69) is 15.1 Å². The minimum atomic E-state index is -0.0651. The number of amides is 1. The molecule has 2 aromatic heterocycles. The zero-order valence-electron chi connectivity index (χ0n) is 14.6. The van der Waals surface area contributed by atoms with Gasteiger partial charge < -0.3 is 9.42 Å². The van der Waals surface area contributed by atoms with Crippen LogP contribution in [0.25, 0.3) is 0 Å². The molecule has 2 aliphatic rings. The second kappa shape index (κ2) is 6.94. The highest BCUT2D eigenvalue weighted by molar-refractivity contribution is 5.91. The van der Waals surface area contributed by atoms with Gasteiger partial charge in [-0.05, 0) is 32.3 Å². The molecule has 1 atom stereocenters. The average Bonchev–Trinajstić information content (AvgIpc) is 3.32. The van der Waals surface area contributed by atoms with E-state index < -0.39 is 0 Å². The van der Waals surface area contributed by atoms with E-state index in [9.17, 15) is 4.79 Å². The van der Waals surface area contributed by atoms with E-state index in [1.807, 2.05) is 24.0 Å². The first-order valence-corrected chi connectivity index (χ1v) is 9.26. The fourth-order valence-corrected chi connectivity index (χ4v) is 3.96. The predicted octanol–water partition coefficient (Wildman–Crippen LogP) is 3.45. The average molecular weight is 340 g/mol. The van der Waals surface area contributed by atoms with Crippen molar-refractivity contribution in [3.05, 3.63) is 41.3 Å². The molecule has 132 valence electrons. The van der Waals surface area contributed by atoms with Crippen molar-refractivity contribution in [2.75, 3.05) is 13.1 Å². The van der Waals surface area contributed by atoms with Gasteiger partial charge in [0.05, 0.1) is 5.69 Å². The van der Waals surface area contributed by atoms with Crippen molar-refractivity contribution in [2.45, 2.75) is 57.3 Å². The summed E-state index contributed by atoms with van der Waals surface area (Å²) in [7, 11) is 0. The molecular formula is C19H24N4O2. The molecule has 3 heterocycles. The summed E-state index contributed by atoms with van der Waals surface area (Å²) in [5.74, 6) is 1.78. The lowest BCUT2D eigenvalue weighted by atomic mass is 9.87. The highest BCUT2D eigenvalue weighted by Gasteiger charge is 2.32. The first kappa shape index (κ1) is 16.2. The fourth-order valence-electron chi connectivity index (χ4n) is 3.96. The van der Waals surface area contributed by atoms with E-state index in [4.69, 9.17) is 4.52 Å². The van der Waals surface area contributed by atoms with E-state index >= 15 is 0 Å². The third-order valence-corrected chi connectivity index (χ3v) is 5.42. The molecule has 25 heavy (non-hydrogen) atoms. The van der Waals surface area contributed by atoms with Gasteiger partial charge in [0.2, 0.25) is 5.76 Å². The van der Waals surface area contributed by atoms with Crippen LogP contribution in [-0.4, -0.2) is 39.0 Å². The molecule has 1 aliphatic heterocycles. The highest BCUT2D eigenvalue weighted by Crippen LogP contribution is 2.33. The van der Waals surface area contributed by atoms with Crippen LogP contribution in [0.15, 0.2) is 22.9 Å². The Morgan fingerprint density at radius 2 is 2.04 bits per heavy atom. The molecule has 0 spiro atoms. The molecule has 1 aliphatic carbocycles. The molecule has 1 unspecified atom stereocenters. The molecule has 0 aromatic carbocycles. The van der Waals surface area contributed by atoms with Gasteiger partial charge in [-0.15, -0.1) is 0 Å².